The Kier molecular flexibility index (Phi) is 2.77. The van der Waals surface area contributed by atoms with E-state index in [0.717, 1.165) is 0 Å². The van der Waals surface area contributed by atoms with Crippen molar-refractivity contribution in [2.24, 2.45) is 0 Å². The molecule has 0 aliphatic carbocycles. The van der Waals surface area contributed by atoms with Crippen molar-refractivity contribution >= 4 is 23.5 Å². The van der Waals surface area contributed by atoms with E-state index in [1.807, 2.05) is 0 Å². The van der Waals surface area contributed by atoms with Gasteiger partial charge in [-0.1, -0.05) is 0 Å². The van der Waals surface area contributed by atoms with Crippen molar-refractivity contribution < 1.29 is 14.3 Å². The number of urea groups is 1. The van der Waals surface area contributed by atoms with Crippen molar-refractivity contribution in [2.45, 2.75) is 24.9 Å². The number of imide groups is 1. The van der Waals surface area contributed by atoms with Crippen LogP contribution >= 0.6 is 11.6 Å². The average molecular weight is 207 g/mol. The van der Waals surface area contributed by atoms with Crippen LogP contribution in [0.5, 0.6) is 0 Å². The molecule has 1 aliphatic rings. The van der Waals surface area contributed by atoms with Gasteiger partial charge < -0.3 is 10.1 Å². The molecule has 0 bridgehead atoms. The van der Waals surface area contributed by atoms with Gasteiger partial charge in [-0.2, -0.15) is 0 Å². The predicted molar refractivity (Wildman–Crippen MR) is 46.3 cm³/mol. The van der Waals surface area contributed by atoms with Crippen molar-refractivity contribution in [1.29, 1.82) is 0 Å². The SMILES string of the molecule is CCO[C@H]1NC(=O)NC(=O)[C@]1(C)Cl. The van der Waals surface area contributed by atoms with Crippen LogP contribution in [0, 0.1) is 0 Å². The van der Waals surface area contributed by atoms with Gasteiger partial charge in [0.15, 0.2) is 11.1 Å². The second kappa shape index (κ2) is 3.51. The largest absolute Gasteiger partial charge is 0.356 e. The Hall–Kier alpha value is -0.810. The molecule has 2 N–H and O–H groups in total. The summed E-state index contributed by atoms with van der Waals surface area (Å²) < 4.78 is 5.11. The summed E-state index contributed by atoms with van der Waals surface area (Å²) in [6.07, 6.45) is -0.777. The van der Waals surface area contributed by atoms with Gasteiger partial charge in [-0.3, -0.25) is 10.1 Å². The van der Waals surface area contributed by atoms with Crippen molar-refractivity contribution in [3.63, 3.8) is 0 Å². The van der Waals surface area contributed by atoms with Crippen molar-refractivity contribution in [2.75, 3.05) is 6.61 Å². The van der Waals surface area contributed by atoms with Gasteiger partial charge in [0.1, 0.15) is 0 Å². The molecule has 0 aromatic rings. The van der Waals surface area contributed by atoms with Crippen molar-refractivity contribution in [3.05, 3.63) is 0 Å². The maximum absolute atomic E-state index is 11.2. The first kappa shape index (κ1) is 10.3. The molecule has 74 valence electrons. The molecule has 1 fully saturated rings. The fraction of sp³-hybridized carbons (Fsp3) is 0.714. The fourth-order valence-electron chi connectivity index (χ4n) is 1.000. The Morgan fingerprint density at radius 2 is 2.23 bits per heavy atom. The summed E-state index contributed by atoms with van der Waals surface area (Å²) in [6.45, 7) is 3.62. The number of hydrogen-bond acceptors (Lipinski definition) is 3. The van der Waals surface area contributed by atoms with Crippen LogP contribution in [0.2, 0.25) is 0 Å². The van der Waals surface area contributed by atoms with E-state index in [9.17, 15) is 9.59 Å². The highest BCUT2D eigenvalue weighted by Gasteiger charge is 2.45. The van der Waals surface area contributed by atoms with Gasteiger partial charge in [0.05, 0.1) is 0 Å². The topological polar surface area (TPSA) is 67.4 Å². The van der Waals surface area contributed by atoms with Crippen molar-refractivity contribution in [3.8, 4) is 0 Å². The van der Waals surface area contributed by atoms with Crippen molar-refractivity contribution in [1.82, 2.24) is 10.6 Å². The average Bonchev–Trinajstić information content (AvgIpc) is 2.01. The number of carbonyl (C=O) groups is 2. The van der Waals surface area contributed by atoms with E-state index in [4.69, 9.17) is 16.3 Å². The van der Waals surface area contributed by atoms with E-state index in [2.05, 4.69) is 10.6 Å². The molecule has 13 heavy (non-hydrogen) atoms. The van der Waals surface area contributed by atoms with Gasteiger partial charge in [-0.05, 0) is 13.8 Å². The van der Waals surface area contributed by atoms with Gasteiger partial charge in [0, 0.05) is 6.61 Å². The molecule has 0 radical (unpaired) electrons. The second-order valence-corrected chi connectivity index (χ2v) is 3.62. The summed E-state index contributed by atoms with van der Waals surface area (Å²) in [5.74, 6) is -0.545. The first-order valence-corrected chi connectivity index (χ1v) is 4.28. The summed E-state index contributed by atoms with van der Waals surface area (Å²) in [4.78, 5) is 20.8. The molecule has 1 saturated heterocycles. The highest BCUT2D eigenvalue weighted by atomic mass is 35.5. The van der Waals surface area contributed by atoms with Gasteiger partial charge in [-0.15, -0.1) is 11.6 Å². The lowest BCUT2D eigenvalue weighted by Gasteiger charge is -2.34. The van der Waals surface area contributed by atoms with Crippen LogP contribution in [0.3, 0.4) is 0 Å². The number of hydrogen-bond donors (Lipinski definition) is 2. The van der Waals surface area contributed by atoms with E-state index in [1.165, 1.54) is 6.92 Å². The molecule has 0 saturated carbocycles. The minimum Gasteiger partial charge on any atom is -0.356 e. The minimum absolute atomic E-state index is 0.376. The molecular weight excluding hydrogens is 196 g/mol. The summed E-state index contributed by atoms with van der Waals surface area (Å²) in [6, 6.07) is -0.582. The highest BCUT2D eigenvalue weighted by molar-refractivity contribution is 6.36. The van der Waals surface area contributed by atoms with Gasteiger partial charge >= 0.3 is 6.03 Å². The minimum atomic E-state index is -1.25. The third kappa shape index (κ3) is 1.92. The quantitative estimate of drug-likeness (QED) is 0.634. The lowest BCUT2D eigenvalue weighted by Crippen LogP contribution is -2.65. The van der Waals surface area contributed by atoms with E-state index < -0.39 is 23.0 Å². The molecule has 3 amide bonds. The van der Waals surface area contributed by atoms with Crippen LogP contribution in [-0.4, -0.2) is 29.6 Å². The predicted octanol–water partition coefficient (Wildman–Crippen LogP) is 0.186. The summed E-state index contributed by atoms with van der Waals surface area (Å²) in [7, 11) is 0. The third-order valence-electron chi connectivity index (χ3n) is 1.76. The third-order valence-corrected chi connectivity index (χ3v) is 2.13. The zero-order valence-corrected chi connectivity index (χ0v) is 8.14. The number of amides is 3. The molecular formula is C7H11ClN2O3. The van der Waals surface area contributed by atoms with Crippen LogP contribution < -0.4 is 10.6 Å². The van der Waals surface area contributed by atoms with Crippen LogP contribution in [0.25, 0.3) is 0 Å². The molecule has 0 unspecified atom stereocenters. The molecule has 1 aliphatic heterocycles. The normalized spacial score (nSPS) is 33.9. The second-order valence-electron chi connectivity index (χ2n) is 2.84. The molecule has 1 heterocycles. The summed E-state index contributed by atoms with van der Waals surface area (Å²) >= 11 is 5.88. The first-order chi connectivity index (χ1) is 5.98. The van der Waals surface area contributed by atoms with E-state index >= 15 is 0 Å². The number of ether oxygens (including phenoxy) is 1. The van der Waals surface area contributed by atoms with Gasteiger partial charge in [0.2, 0.25) is 0 Å². The lowest BCUT2D eigenvalue weighted by molar-refractivity contribution is -0.129. The highest BCUT2D eigenvalue weighted by Crippen LogP contribution is 2.23. The van der Waals surface area contributed by atoms with Gasteiger partial charge in [-0.25, -0.2) is 4.79 Å². The molecule has 0 aromatic heterocycles. The first-order valence-electron chi connectivity index (χ1n) is 3.91. The summed E-state index contributed by atoms with van der Waals surface area (Å²) in [5, 5.41) is 4.47. The lowest BCUT2D eigenvalue weighted by atomic mass is 10.1. The number of halogens is 1. The molecule has 6 heteroatoms. The molecule has 1 rings (SSSR count). The van der Waals surface area contributed by atoms with E-state index in [0.29, 0.717) is 6.61 Å². The van der Waals surface area contributed by atoms with Crippen LogP contribution in [-0.2, 0) is 9.53 Å². The van der Waals surface area contributed by atoms with Crippen LogP contribution in [0.4, 0.5) is 4.79 Å². The Bertz CT molecular complexity index is 242. The standard InChI is InChI=1S/C7H11ClN2O3/c1-3-13-5-7(2,8)4(11)9-6(12)10-5/h5H,3H2,1-2H3,(H2,9,10,11,12)/t5-,7+/m1/s1. The number of nitrogens with one attached hydrogen (secondary N) is 2. The molecule has 2 atom stereocenters. The molecule has 0 spiro atoms. The Morgan fingerprint density at radius 1 is 1.62 bits per heavy atom. The van der Waals surface area contributed by atoms with Gasteiger partial charge in [0.25, 0.3) is 5.91 Å². The number of rotatable bonds is 2. The smallest absolute Gasteiger partial charge is 0.323 e. The number of carbonyl (C=O) groups excluding carboxylic acids is 2. The Morgan fingerprint density at radius 3 is 2.77 bits per heavy atom. The van der Waals surface area contributed by atoms with E-state index in [1.54, 1.807) is 6.92 Å². The van der Waals surface area contributed by atoms with Crippen LogP contribution in [0.15, 0.2) is 0 Å². The number of alkyl halides is 1. The zero-order valence-electron chi connectivity index (χ0n) is 7.39. The Labute approximate surface area is 80.8 Å². The van der Waals surface area contributed by atoms with Crippen LogP contribution in [0.1, 0.15) is 13.8 Å². The monoisotopic (exact) mass is 206 g/mol. The molecule has 0 aromatic carbocycles. The summed E-state index contributed by atoms with van der Waals surface area (Å²) in [5.41, 5.74) is 0. The molecule has 5 nitrogen and oxygen atoms in total. The van der Waals surface area contributed by atoms with E-state index in [-0.39, 0.29) is 0 Å². The maximum Gasteiger partial charge on any atom is 0.323 e. The Balaban J connectivity index is 2.78. The fourth-order valence-corrected chi connectivity index (χ4v) is 1.16. The zero-order chi connectivity index (χ0) is 10.1. The maximum atomic E-state index is 11.2.